The van der Waals surface area contributed by atoms with E-state index < -0.39 is 0 Å². The summed E-state index contributed by atoms with van der Waals surface area (Å²) in [7, 11) is 0. The summed E-state index contributed by atoms with van der Waals surface area (Å²) in [5.74, 6) is 1.01. The fraction of sp³-hybridized carbons (Fsp3) is 0.524. The molecule has 7 heteroatoms. The third-order valence-electron chi connectivity index (χ3n) is 5.04. The standard InChI is InChI=1S/C21H31N5O.HI/c1-2-22-21(24-18-8-6-7-9-18)23-13-12-20(27)26-16-14-25(15-17-26)19-10-4-3-5-11-19;/h3-7,10-11,18H,2,8-9,12-17H2,1H3,(H2,22,23,24);1H. The van der Waals surface area contributed by atoms with Gasteiger partial charge in [0.05, 0.1) is 6.54 Å². The van der Waals surface area contributed by atoms with Crippen molar-refractivity contribution >= 4 is 41.5 Å². The number of carbonyl (C=O) groups is 1. The Balaban J connectivity index is 0.00000280. The van der Waals surface area contributed by atoms with Gasteiger partial charge in [0.15, 0.2) is 5.96 Å². The molecule has 154 valence electrons. The third-order valence-corrected chi connectivity index (χ3v) is 5.04. The molecule has 0 radical (unpaired) electrons. The molecule has 0 aromatic heterocycles. The minimum Gasteiger partial charge on any atom is -0.368 e. The van der Waals surface area contributed by atoms with E-state index in [1.165, 1.54) is 5.69 Å². The highest BCUT2D eigenvalue weighted by Crippen LogP contribution is 2.15. The van der Waals surface area contributed by atoms with Crippen LogP contribution in [0.4, 0.5) is 5.69 Å². The average molecular weight is 497 g/mol. The Hall–Kier alpha value is -1.77. The number of amides is 1. The van der Waals surface area contributed by atoms with Crippen molar-refractivity contribution in [3.8, 4) is 0 Å². The maximum atomic E-state index is 12.5. The van der Waals surface area contributed by atoms with Crippen molar-refractivity contribution in [2.75, 3.05) is 44.2 Å². The number of halogens is 1. The average Bonchev–Trinajstić information content (AvgIpc) is 3.22. The van der Waals surface area contributed by atoms with Gasteiger partial charge in [0.2, 0.25) is 5.91 Å². The van der Waals surface area contributed by atoms with Gasteiger partial charge in [0, 0.05) is 50.9 Å². The van der Waals surface area contributed by atoms with Gasteiger partial charge < -0.3 is 20.4 Å². The number of nitrogens with one attached hydrogen (secondary N) is 2. The Morgan fingerprint density at radius 1 is 1.11 bits per heavy atom. The smallest absolute Gasteiger partial charge is 0.224 e. The molecule has 1 aliphatic carbocycles. The number of guanidine groups is 1. The van der Waals surface area contributed by atoms with Gasteiger partial charge in [0.25, 0.3) is 0 Å². The van der Waals surface area contributed by atoms with E-state index in [1.807, 2.05) is 11.0 Å². The van der Waals surface area contributed by atoms with Crippen molar-refractivity contribution in [3.63, 3.8) is 0 Å². The Morgan fingerprint density at radius 2 is 1.79 bits per heavy atom. The van der Waals surface area contributed by atoms with Crippen molar-refractivity contribution in [1.29, 1.82) is 0 Å². The van der Waals surface area contributed by atoms with E-state index in [1.54, 1.807) is 0 Å². The number of piperazine rings is 1. The van der Waals surface area contributed by atoms with E-state index in [0.29, 0.717) is 19.0 Å². The lowest BCUT2D eigenvalue weighted by Gasteiger charge is -2.36. The van der Waals surface area contributed by atoms with Gasteiger partial charge in [-0.2, -0.15) is 0 Å². The second kappa shape index (κ2) is 11.9. The highest BCUT2D eigenvalue weighted by Gasteiger charge is 2.21. The number of nitrogens with zero attached hydrogens (tertiary/aromatic N) is 3. The predicted molar refractivity (Wildman–Crippen MR) is 127 cm³/mol. The zero-order valence-corrected chi connectivity index (χ0v) is 19.0. The van der Waals surface area contributed by atoms with E-state index in [2.05, 4.69) is 63.9 Å². The first-order valence-electron chi connectivity index (χ1n) is 10.0. The first-order chi connectivity index (χ1) is 13.3. The summed E-state index contributed by atoms with van der Waals surface area (Å²) in [4.78, 5) is 21.4. The van der Waals surface area contributed by atoms with Crippen molar-refractivity contribution in [2.45, 2.75) is 32.2 Å². The molecular formula is C21H32IN5O. The highest BCUT2D eigenvalue weighted by atomic mass is 127. The number of carbonyl (C=O) groups excluding carboxylic acids is 1. The molecule has 1 fully saturated rings. The lowest BCUT2D eigenvalue weighted by atomic mass is 10.2. The van der Waals surface area contributed by atoms with Crippen LogP contribution in [-0.4, -0.2) is 62.1 Å². The minimum atomic E-state index is 0. The normalized spacial score (nSPS) is 17.4. The van der Waals surface area contributed by atoms with Crippen LogP contribution in [0.1, 0.15) is 26.2 Å². The number of para-hydroxylation sites is 1. The Morgan fingerprint density at radius 3 is 2.43 bits per heavy atom. The third kappa shape index (κ3) is 6.68. The van der Waals surface area contributed by atoms with E-state index in [-0.39, 0.29) is 29.9 Å². The predicted octanol–water partition coefficient (Wildman–Crippen LogP) is 2.62. The lowest BCUT2D eigenvalue weighted by molar-refractivity contribution is -0.131. The lowest BCUT2D eigenvalue weighted by Crippen LogP contribution is -2.49. The van der Waals surface area contributed by atoms with Crippen LogP contribution in [0, 0.1) is 0 Å². The summed E-state index contributed by atoms with van der Waals surface area (Å²) in [5.41, 5.74) is 1.23. The van der Waals surface area contributed by atoms with Crippen LogP contribution >= 0.6 is 24.0 Å². The van der Waals surface area contributed by atoms with Gasteiger partial charge in [-0.25, -0.2) is 0 Å². The van der Waals surface area contributed by atoms with Gasteiger partial charge in [-0.15, -0.1) is 24.0 Å². The zero-order valence-electron chi connectivity index (χ0n) is 16.6. The zero-order chi connectivity index (χ0) is 18.9. The molecular weight excluding hydrogens is 465 g/mol. The van der Waals surface area contributed by atoms with E-state index >= 15 is 0 Å². The molecule has 28 heavy (non-hydrogen) atoms. The summed E-state index contributed by atoms with van der Waals surface area (Å²) in [6, 6.07) is 10.8. The maximum Gasteiger partial charge on any atom is 0.224 e. The second-order valence-corrected chi connectivity index (χ2v) is 7.00. The maximum absolute atomic E-state index is 12.5. The summed E-state index contributed by atoms with van der Waals surface area (Å²) < 4.78 is 0. The molecule has 1 aromatic carbocycles. The quantitative estimate of drug-likeness (QED) is 0.275. The number of benzene rings is 1. The Kier molecular flexibility index (Phi) is 9.60. The molecule has 6 nitrogen and oxygen atoms in total. The summed E-state index contributed by atoms with van der Waals surface area (Å²) in [6.07, 6.45) is 6.93. The molecule has 0 bridgehead atoms. The van der Waals surface area contributed by atoms with Crippen LogP contribution in [0.5, 0.6) is 0 Å². The highest BCUT2D eigenvalue weighted by molar-refractivity contribution is 14.0. The number of anilines is 1. The molecule has 2 N–H and O–H groups in total. The van der Waals surface area contributed by atoms with Crippen molar-refractivity contribution < 1.29 is 4.79 Å². The summed E-state index contributed by atoms with van der Waals surface area (Å²) in [5, 5.41) is 6.71. The molecule has 3 rings (SSSR count). The van der Waals surface area contributed by atoms with Crippen molar-refractivity contribution in [1.82, 2.24) is 15.5 Å². The fourth-order valence-electron chi connectivity index (χ4n) is 3.52. The molecule has 0 unspecified atom stereocenters. The van der Waals surface area contributed by atoms with Crippen LogP contribution in [0.2, 0.25) is 0 Å². The van der Waals surface area contributed by atoms with Gasteiger partial charge in [-0.1, -0.05) is 30.4 Å². The largest absolute Gasteiger partial charge is 0.368 e. The summed E-state index contributed by atoms with van der Waals surface area (Å²) >= 11 is 0. The molecule has 1 heterocycles. The van der Waals surface area contributed by atoms with Gasteiger partial charge >= 0.3 is 0 Å². The molecule has 2 aliphatic rings. The first-order valence-corrected chi connectivity index (χ1v) is 10.0. The van der Waals surface area contributed by atoms with Crippen molar-refractivity contribution in [2.24, 2.45) is 4.99 Å². The topological polar surface area (TPSA) is 60.0 Å². The molecule has 1 aromatic rings. The SMILES string of the molecule is CCNC(=NCCC(=O)N1CCN(c2ccccc2)CC1)NC1CC=CC1.I. The van der Waals surface area contributed by atoms with Gasteiger partial charge in [0.1, 0.15) is 0 Å². The van der Waals surface area contributed by atoms with Crippen LogP contribution in [0.3, 0.4) is 0 Å². The molecule has 0 saturated carbocycles. The molecule has 1 amide bonds. The van der Waals surface area contributed by atoms with Gasteiger partial charge in [-0.3, -0.25) is 9.79 Å². The van der Waals surface area contributed by atoms with Crippen LogP contribution in [0.15, 0.2) is 47.5 Å². The monoisotopic (exact) mass is 497 g/mol. The number of hydrogen-bond acceptors (Lipinski definition) is 3. The van der Waals surface area contributed by atoms with E-state index in [0.717, 1.165) is 51.5 Å². The minimum absolute atomic E-state index is 0. The first kappa shape index (κ1) is 22.5. The van der Waals surface area contributed by atoms with Crippen molar-refractivity contribution in [3.05, 3.63) is 42.5 Å². The Bertz CT molecular complexity index is 648. The number of hydrogen-bond donors (Lipinski definition) is 2. The van der Waals surface area contributed by atoms with Gasteiger partial charge in [-0.05, 0) is 31.9 Å². The number of aliphatic imine (C=N–C) groups is 1. The van der Waals surface area contributed by atoms with Crippen LogP contribution in [0.25, 0.3) is 0 Å². The molecule has 0 atom stereocenters. The Labute approximate surface area is 185 Å². The molecule has 1 aliphatic heterocycles. The van der Waals surface area contributed by atoms with Crippen LogP contribution < -0.4 is 15.5 Å². The fourth-order valence-corrected chi connectivity index (χ4v) is 3.52. The van der Waals surface area contributed by atoms with Crippen LogP contribution in [-0.2, 0) is 4.79 Å². The number of rotatable bonds is 6. The summed E-state index contributed by atoms with van der Waals surface area (Å²) in [6.45, 7) is 6.73. The van der Waals surface area contributed by atoms with E-state index in [4.69, 9.17) is 0 Å². The molecule has 0 spiro atoms. The van der Waals surface area contributed by atoms with E-state index in [9.17, 15) is 4.79 Å². The second-order valence-electron chi connectivity index (χ2n) is 7.00. The molecule has 1 saturated heterocycles.